The van der Waals surface area contributed by atoms with Crippen molar-refractivity contribution < 1.29 is 28.6 Å². The molecule has 0 saturated carbocycles. The molecule has 0 radical (unpaired) electrons. The van der Waals surface area contributed by atoms with E-state index in [1.165, 1.54) is 11.0 Å². The molecule has 3 rings (SSSR count). The summed E-state index contributed by atoms with van der Waals surface area (Å²) in [4.78, 5) is 25.8. The molecule has 1 N–H and O–H groups in total. The fraction of sp³-hybridized carbons (Fsp3) is 0.500. The molecule has 1 aromatic carbocycles. The molecule has 8 heteroatoms. The van der Waals surface area contributed by atoms with Crippen molar-refractivity contribution in [2.45, 2.75) is 18.9 Å². The third-order valence-corrected chi connectivity index (χ3v) is 4.15. The molecule has 0 bridgehead atoms. The van der Waals surface area contributed by atoms with Crippen molar-refractivity contribution in [1.82, 2.24) is 0 Å². The van der Waals surface area contributed by atoms with Crippen LogP contribution in [-0.4, -0.2) is 56.1 Å². The summed E-state index contributed by atoms with van der Waals surface area (Å²) in [6.45, 7) is 2.59. The Morgan fingerprint density at radius 2 is 2.08 bits per heavy atom. The predicted molar refractivity (Wildman–Crippen MR) is 83.9 cm³/mol. The summed E-state index contributed by atoms with van der Waals surface area (Å²) in [5, 5.41) is 8.70. The van der Waals surface area contributed by atoms with E-state index in [9.17, 15) is 14.0 Å². The van der Waals surface area contributed by atoms with Gasteiger partial charge in [0, 0.05) is 19.5 Å². The molecule has 1 unspecified atom stereocenters. The fourth-order valence-corrected chi connectivity index (χ4v) is 2.89. The summed E-state index contributed by atoms with van der Waals surface area (Å²) in [6, 6.07) is 4.63. The second kappa shape index (κ2) is 7.04. The number of ether oxygens (including phenoxy) is 2. The predicted octanol–water partition coefficient (Wildman–Crippen LogP) is 1.85. The normalized spacial score (nSPS) is 21.0. The molecular weight excluding hydrogens is 319 g/mol. The van der Waals surface area contributed by atoms with E-state index in [0.717, 1.165) is 0 Å². The van der Waals surface area contributed by atoms with E-state index in [1.54, 1.807) is 12.1 Å². The van der Waals surface area contributed by atoms with Gasteiger partial charge in [0.1, 0.15) is 11.9 Å². The number of morpholine rings is 1. The largest absolute Gasteiger partial charge is 0.481 e. The first-order valence-electron chi connectivity index (χ1n) is 7.87. The van der Waals surface area contributed by atoms with Gasteiger partial charge in [0.25, 0.3) is 0 Å². The highest BCUT2D eigenvalue weighted by Gasteiger charge is 2.33. The lowest BCUT2D eigenvalue weighted by atomic mass is 10.2. The van der Waals surface area contributed by atoms with Crippen LogP contribution in [0.1, 0.15) is 12.8 Å². The number of hydrogen-bond acceptors (Lipinski definition) is 5. The number of amides is 1. The molecule has 0 aliphatic carbocycles. The first-order valence-corrected chi connectivity index (χ1v) is 7.87. The van der Waals surface area contributed by atoms with Crippen LogP contribution in [0.2, 0.25) is 0 Å². The molecule has 0 spiro atoms. The SMILES string of the molecule is O=C(O)CCC1CN(c2ccc(N3CCOCC3)c(F)c2)C(=O)O1. The Labute approximate surface area is 138 Å². The van der Waals surface area contributed by atoms with Crippen molar-refractivity contribution >= 4 is 23.4 Å². The van der Waals surface area contributed by atoms with E-state index >= 15 is 0 Å². The van der Waals surface area contributed by atoms with Crippen LogP contribution in [0.5, 0.6) is 0 Å². The van der Waals surface area contributed by atoms with E-state index in [0.29, 0.717) is 37.7 Å². The zero-order valence-electron chi connectivity index (χ0n) is 13.1. The van der Waals surface area contributed by atoms with E-state index in [1.807, 2.05) is 4.90 Å². The number of aliphatic carboxylic acids is 1. The minimum atomic E-state index is -0.939. The van der Waals surface area contributed by atoms with Crippen LogP contribution in [0, 0.1) is 5.82 Å². The van der Waals surface area contributed by atoms with Gasteiger partial charge in [-0.2, -0.15) is 0 Å². The third kappa shape index (κ3) is 3.59. The number of rotatable bonds is 5. The standard InChI is InChI=1S/C16H19FN2O5/c17-13-9-11(1-3-14(13)18-5-7-23-8-6-18)19-10-12(24-16(19)22)2-4-15(20)21/h1,3,9,12H,2,4-8,10H2,(H,20,21). The van der Waals surface area contributed by atoms with E-state index in [2.05, 4.69) is 0 Å². The van der Waals surface area contributed by atoms with Gasteiger partial charge in [-0.15, -0.1) is 0 Å². The van der Waals surface area contributed by atoms with Gasteiger partial charge in [0.05, 0.1) is 31.1 Å². The highest BCUT2D eigenvalue weighted by atomic mass is 19.1. The Kier molecular flexibility index (Phi) is 4.84. The van der Waals surface area contributed by atoms with Gasteiger partial charge < -0.3 is 19.5 Å². The molecule has 1 amide bonds. The number of carboxylic acid groups (broad SMARTS) is 1. The van der Waals surface area contributed by atoms with Gasteiger partial charge in [-0.3, -0.25) is 9.69 Å². The summed E-state index contributed by atoms with van der Waals surface area (Å²) in [5.74, 6) is -1.35. The first-order chi connectivity index (χ1) is 11.5. The summed E-state index contributed by atoms with van der Waals surface area (Å²) in [7, 11) is 0. The van der Waals surface area contributed by atoms with Crippen LogP contribution in [0.15, 0.2) is 18.2 Å². The maximum absolute atomic E-state index is 14.4. The number of cyclic esters (lactones) is 1. The molecule has 1 aromatic rings. The van der Waals surface area contributed by atoms with Crippen LogP contribution in [0.25, 0.3) is 0 Å². The highest BCUT2D eigenvalue weighted by Crippen LogP contribution is 2.29. The average Bonchev–Trinajstić information content (AvgIpc) is 2.94. The van der Waals surface area contributed by atoms with Crippen LogP contribution in [0.3, 0.4) is 0 Å². The zero-order valence-corrected chi connectivity index (χ0v) is 13.1. The number of halogens is 1. The van der Waals surface area contributed by atoms with Gasteiger partial charge in [0.15, 0.2) is 0 Å². The molecule has 130 valence electrons. The number of anilines is 2. The Morgan fingerprint density at radius 3 is 2.75 bits per heavy atom. The molecule has 0 aromatic heterocycles. The monoisotopic (exact) mass is 338 g/mol. The summed E-state index contributed by atoms with van der Waals surface area (Å²) in [5.41, 5.74) is 0.893. The van der Waals surface area contributed by atoms with E-state index in [-0.39, 0.29) is 19.4 Å². The molecule has 24 heavy (non-hydrogen) atoms. The summed E-state index contributed by atoms with van der Waals surface area (Å²) in [6.07, 6.45) is -0.901. The maximum atomic E-state index is 14.4. The lowest BCUT2D eigenvalue weighted by Crippen LogP contribution is -2.36. The number of carboxylic acids is 1. The van der Waals surface area contributed by atoms with Crippen LogP contribution >= 0.6 is 0 Å². The number of carbonyl (C=O) groups excluding carboxylic acids is 1. The van der Waals surface area contributed by atoms with Crippen molar-refractivity contribution in [2.24, 2.45) is 0 Å². The number of carbonyl (C=O) groups is 2. The number of benzene rings is 1. The van der Waals surface area contributed by atoms with Crippen LogP contribution in [-0.2, 0) is 14.3 Å². The molecule has 2 aliphatic rings. The minimum Gasteiger partial charge on any atom is -0.481 e. The van der Waals surface area contributed by atoms with Crippen LogP contribution in [0.4, 0.5) is 20.6 Å². The van der Waals surface area contributed by atoms with Gasteiger partial charge in [0.2, 0.25) is 0 Å². The van der Waals surface area contributed by atoms with Crippen molar-refractivity contribution in [1.29, 1.82) is 0 Å². The first kappa shape index (κ1) is 16.5. The van der Waals surface area contributed by atoms with Crippen molar-refractivity contribution in [3.8, 4) is 0 Å². The fourth-order valence-electron chi connectivity index (χ4n) is 2.89. The Bertz CT molecular complexity index is 633. The van der Waals surface area contributed by atoms with Crippen molar-refractivity contribution in [3.63, 3.8) is 0 Å². The topological polar surface area (TPSA) is 79.3 Å². The Morgan fingerprint density at radius 1 is 1.33 bits per heavy atom. The third-order valence-electron chi connectivity index (χ3n) is 4.15. The molecule has 1 atom stereocenters. The van der Waals surface area contributed by atoms with E-state index in [4.69, 9.17) is 14.6 Å². The second-order valence-corrected chi connectivity index (χ2v) is 5.78. The number of nitrogens with zero attached hydrogens (tertiary/aromatic N) is 2. The molecule has 2 heterocycles. The molecular formula is C16H19FN2O5. The second-order valence-electron chi connectivity index (χ2n) is 5.78. The quantitative estimate of drug-likeness (QED) is 0.883. The van der Waals surface area contributed by atoms with Crippen molar-refractivity contribution in [2.75, 3.05) is 42.6 Å². The molecule has 2 aliphatic heterocycles. The lowest BCUT2D eigenvalue weighted by Gasteiger charge is -2.29. The van der Waals surface area contributed by atoms with E-state index < -0.39 is 24.0 Å². The maximum Gasteiger partial charge on any atom is 0.414 e. The number of hydrogen-bond donors (Lipinski definition) is 1. The molecule has 2 saturated heterocycles. The highest BCUT2D eigenvalue weighted by molar-refractivity contribution is 5.90. The molecule has 7 nitrogen and oxygen atoms in total. The van der Waals surface area contributed by atoms with Crippen molar-refractivity contribution in [3.05, 3.63) is 24.0 Å². The molecule has 2 fully saturated rings. The Hall–Kier alpha value is -2.35. The van der Waals surface area contributed by atoms with Crippen LogP contribution < -0.4 is 9.80 Å². The zero-order chi connectivity index (χ0) is 17.1. The average molecular weight is 338 g/mol. The minimum absolute atomic E-state index is 0.0733. The van der Waals surface area contributed by atoms with Gasteiger partial charge in [-0.1, -0.05) is 0 Å². The summed E-state index contributed by atoms with van der Waals surface area (Å²) >= 11 is 0. The van der Waals surface area contributed by atoms with Gasteiger partial charge in [-0.25, -0.2) is 9.18 Å². The summed E-state index contributed by atoms with van der Waals surface area (Å²) < 4.78 is 24.8. The van der Waals surface area contributed by atoms with Gasteiger partial charge >= 0.3 is 12.1 Å². The Balaban J connectivity index is 1.69. The van der Waals surface area contributed by atoms with Gasteiger partial charge in [-0.05, 0) is 24.6 Å². The lowest BCUT2D eigenvalue weighted by molar-refractivity contribution is -0.137. The smallest absolute Gasteiger partial charge is 0.414 e.